The zero-order valence-electron chi connectivity index (χ0n) is 14.0. The Bertz CT molecular complexity index is 1010. The molecular formula is C18H15BrN6S. The van der Waals surface area contributed by atoms with E-state index in [1.165, 1.54) is 0 Å². The second-order valence-electron chi connectivity index (χ2n) is 5.62. The molecule has 26 heavy (non-hydrogen) atoms. The van der Waals surface area contributed by atoms with Gasteiger partial charge in [0.1, 0.15) is 0 Å². The summed E-state index contributed by atoms with van der Waals surface area (Å²) in [5.41, 5.74) is 3.15. The molecule has 0 fully saturated rings. The number of para-hydroxylation sites is 1. The first-order valence-electron chi connectivity index (χ1n) is 7.95. The number of thioether (sulfide) groups is 1. The van der Waals surface area contributed by atoms with E-state index in [0.29, 0.717) is 5.75 Å². The van der Waals surface area contributed by atoms with Gasteiger partial charge in [0, 0.05) is 11.5 Å². The molecule has 0 atom stereocenters. The average molecular weight is 427 g/mol. The van der Waals surface area contributed by atoms with Gasteiger partial charge in [-0.15, -0.1) is 5.10 Å². The maximum Gasteiger partial charge on any atom is 0.168 e. The number of hydrogen-bond donors (Lipinski definition) is 0. The Kier molecular flexibility index (Phi) is 4.85. The fourth-order valence-corrected chi connectivity index (χ4v) is 3.73. The molecule has 4 aromatic rings. The van der Waals surface area contributed by atoms with E-state index in [2.05, 4.69) is 53.1 Å². The number of hydrogen-bond acceptors (Lipinski definition) is 5. The Morgan fingerprint density at radius 1 is 1.04 bits per heavy atom. The van der Waals surface area contributed by atoms with Crippen molar-refractivity contribution in [1.82, 2.24) is 29.8 Å². The molecule has 4 rings (SSSR count). The minimum absolute atomic E-state index is 0.631. The van der Waals surface area contributed by atoms with Crippen molar-refractivity contribution in [3.8, 4) is 16.9 Å². The minimum Gasteiger partial charge on any atom is -0.322 e. The molecule has 0 N–H and O–H groups in total. The van der Waals surface area contributed by atoms with Crippen LogP contribution in [0, 0.1) is 0 Å². The summed E-state index contributed by atoms with van der Waals surface area (Å²) in [5, 5.41) is 13.0. The third kappa shape index (κ3) is 3.42. The van der Waals surface area contributed by atoms with Crippen LogP contribution in [-0.2, 0) is 12.8 Å². The number of nitrogens with zero attached hydrogens (tertiary/aromatic N) is 6. The quantitative estimate of drug-likeness (QED) is 0.449. The number of benzene rings is 2. The van der Waals surface area contributed by atoms with Gasteiger partial charge in [0.05, 0.1) is 23.3 Å². The van der Waals surface area contributed by atoms with Gasteiger partial charge in [-0.1, -0.05) is 58.0 Å². The van der Waals surface area contributed by atoms with Gasteiger partial charge < -0.3 is 4.57 Å². The molecule has 2 aromatic carbocycles. The van der Waals surface area contributed by atoms with Gasteiger partial charge in [0.25, 0.3) is 0 Å². The summed E-state index contributed by atoms with van der Waals surface area (Å²) in [4.78, 5) is 4.55. The molecule has 0 aliphatic heterocycles. The molecular weight excluding hydrogens is 412 g/mol. The van der Waals surface area contributed by atoms with Crippen molar-refractivity contribution in [3.05, 3.63) is 71.1 Å². The van der Waals surface area contributed by atoms with E-state index in [1.54, 1.807) is 16.4 Å². The lowest BCUT2D eigenvalue weighted by molar-refractivity contribution is 0.774. The molecule has 2 heterocycles. The highest BCUT2D eigenvalue weighted by Gasteiger charge is 2.13. The van der Waals surface area contributed by atoms with E-state index < -0.39 is 0 Å². The van der Waals surface area contributed by atoms with Crippen LogP contribution in [0.5, 0.6) is 0 Å². The van der Waals surface area contributed by atoms with Gasteiger partial charge in [-0.05, 0) is 40.3 Å². The number of imidazole rings is 1. The molecule has 0 spiro atoms. The third-order valence-corrected chi connectivity index (χ3v) is 5.52. The Labute approximate surface area is 163 Å². The molecule has 2 aromatic heterocycles. The fourth-order valence-electron chi connectivity index (χ4n) is 2.61. The van der Waals surface area contributed by atoms with Crippen LogP contribution < -0.4 is 0 Å². The lowest BCUT2D eigenvalue weighted by atomic mass is 10.2. The lowest BCUT2D eigenvalue weighted by Crippen LogP contribution is -2.02. The van der Waals surface area contributed by atoms with Crippen LogP contribution in [0.3, 0.4) is 0 Å². The van der Waals surface area contributed by atoms with E-state index in [1.807, 2.05) is 55.7 Å². The molecule has 0 aliphatic rings. The number of tetrazole rings is 1. The average Bonchev–Trinajstić information content (AvgIpc) is 3.28. The summed E-state index contributed by atoms with van der Waals surface area (Å²) in [6.45, 7) is 0. The Morgan fingerprint density at radius 2 is 1.81 bits per heavy atom. The van der Waals surface area contributed by atoms with E-state index in [4.69, 9.17) is 0 Å². The highest BCUT2D eigenvalue weighted by atomic mass is 79.9. The van der Waals surface area contributed by atoms with Crippen molar-refractivity contribution in [3.63, 3.8) is 0 Å². The van der Waals surface area contributed by atoms with Gasteiger partial charge in [-0.2, -0.15) is 4.68 Å². The summed E-state index contributed by atoms with van der Waals surface area (Å²) in [7, 11) is 2.02. The summed E-state index contributed by atoms with van der Waals surface area (Å²) < 4.78 is 4.90. The molecule has 6 nitrogen and oxygen atoms in total. The first kappa shape index (κ1) is 17.0. The van der Waals surface area contributed by atoms with Gasteiger partial charge in [0.2, 0.25) is 0 Å². The standard InChI is InChI=1S/C18H15BrN6S/c1-24-16(13-7-9-14(19)10-8-13)11-20-18(24)26-12-17-21-22-23-25(17)15-5-3-2-4-6-15/h2-11H,12H2,1H3. The van der Waals surface area contributed by atoms with Crippen molar-refractivity contribution in [2.45, 2.75) is 10.9 Å². The zero-order valence-corrected chi connectivity index (χ0v) is 16.4. The van der Waals surface area contributed by atoms with Crippen LogP contribution in [0.2, 0.25) is 0 Å². The van der Waals surface area contributed by atoms with E-state index in [0.717, 1.165) is 32.4 Å². The Morgan fingerprint density at radius 3 is 2.58 bits per heavy atom. The van der Waals surface area contributed by atoms with Crippen LogP contribution in [0.4, 0.5) is 0 Å². The monoisotopic (exact) mass is 426 g/mol. The molecule has 0 amide bonds. The topological polar surface area (TPSA) is 61.4 Å². The van der Waals surface area contributed by atoms with Crippen LogP contribution >= 0.6 is 27.7 Å². The first-order chi connectivity index (χ1) is 12.7. The van der Waals surface area contributed by atoms with Gasteiger partial charge >= 0.3 is 0 Å². The minimum atomic E-state index is 0.631. The normalized spacial score (nSPS) is 11.0. The van der Waals surface area contributed by atoms with Gasteiger partial charge in [-0.25, -0.2) is 4.98 Å². The maximum atomic E-state index is 4.55. The Hall–Kier alpha value is -2.45. The second kappa shape index (κ2) is 7.43. The van der Waals surface area contributed by atoms with Crippen LogP contribution in [0.15, 0.2) is 70.4 Å². The van der Waals surface area contributed by atoms with Crippen molar-refractivity contribution in [2.24, 2.45) is 7.05 Å². The van der Waals surface area contributed by atoms with Gasteiger partial charge in [-0.3, -0.25) is 0 Å². The molecule has 0 saturated carbocycles. The smallest absolute Gasteiger partial charge is 0.168 e. The lowest BCUT2D eigenvalue weighted by Gasteiger charge is -2.07. The first-order valence-corrected chi connectivity index (χ1v) is 9.73. The summed E-state index contributed by atoms with van der Waals surface area (Å²) >= 11 is 5.08. The largest absolute Gasteiger partial charge is 0.322 e. The SMILES string of the molecule is Cn1c(-c2ccc(Br)cc2)cnc1SCc1nnnn1-c1ccccc1. The third-order valence-electron chi connectivity index (χ3n) is 3.95. The van der Waals surface area contributed by atoms with Crippen LogP contribution in [0.25, 0.3) is 16.9 Å². The molecule has 130 valence electrons. The zero-order chi connectivity index (χ0) is 17.9. The maximum absolute atomic E-state index is 4.55. The number of rotatable bonds is 5. The summed E-state index contributed by atoms with van der Waals surface area (Å²) in [5.74, 6) is 1.42. The van der Waals surface area contributed by atoms with E-state index in [-0.39, 0.29) is 0 Å². The van der Waals surface area contributed by atoms with Crippen molar-refractivity contribution in [1.29, 1.82) is 0 Å². The van der Waals surface area contributed by atoms with Gasteiger partial charge in [0.15, 0.2) is 11.0 Å². The highest BCUT2D eigenvalue weighted by Crippen LogP contribution is 2.27. The molecule has 0 aliphatic carbocycles. The van der Waals surface area contributed by atoms with Crippen molar-refractivity contribution in [2.75, 3.05) is 0 Å². The van der Waals surface area contributed by atoms with Crippen LogP contribution in [0.1, 0.15) is 5.82 Å². The highest BCUT2D eigenvalue weighted by molar-refractivity contribution is 9.10. The summed E-state index contributed by atoms with van der Waals surface area (Å²) in [6.07, 6.45) is 1.89. The number of aromatic nitrogens is 6. The Balaban J connectivity index is 1.53. The molecule has 0 unspecified atom stereocenters. The second-order valence-corrected chi connectivity index (χ2v) is 7.48. The van der Waals surface area contributed by atoms with E-state index >= 15 is 0 Å². The number of halogens is 1. The van der Waals surface area contributed by atoms with Crippen molar-refractivity contribution < 1.29 is 0 Å². The fraction of sp³-hybridized carbons (Fsp3) is 0.111. The molecule has 0 bridgehead atoms. The molecule has 8 heteroatoms. The predicted octanol–water partition coefficient (Wildman–Crippen LogP) is 4.12. The molecule has 0 radical (unpaired) electrons. The van der Waals surface area contributed by atoms with Crippen LogP contribution in [-0.4, -0.2) is 29.8 Å². The van der Waals surface area contributed by atoms with Crippen molar-refractivity contribution >= 4 is 27.7 Å². The predicted molar refractivity (Wildman–Crippen MR) is 105 cm³/mol. The van der Waals surface area contributed by atoms with E-state index in [9.17, 15) is 0 Å². The molecule has 0 saturated heterocycles. The summed E-state index contributed by atoms with van der Waals surface area (Å²) in [6, 6.07) is 18.1.